The van der Waals surface area contributed by atoms with Crippen LogP contribution < -0.4 is 5.73 Å². The van der Waals surface area contributed by atoms with Gasteiger partial charge in [-0.05, 0) is 36.4 Å². The molecule has 0 bridgehead atoms. The van der Waals surface area contributed by atoms with E-state index in [1.165, 1.54) is 12.1 Å². The second kappa shape index (κ2) is 8.67. The smallest absolute Gasteiger partial charge is 0.327 e. The highest BCUT2D eigenvalue weighted by molar-refractivity contribution is 5.78. The van der Waals surface area contributed by atoms with Gasteiger partial charge in [0.1, 0.15) is 0 Å². The van der Waals surface area contributed by atoms with Crippen molar-refractivity contribution in [2.24, 2.45) is 10.2 Å². The predicted octanol–water partition coefficient (Wildman–Crippen LogP) is 3.85. The lowest BCUT2D eigenvalue weighted by Crippen LogP contribution is -1.85. The quantitative estimate of drug-likeness (QED) is 0.291. The van der Waals surface area contributed by atoms with Crippen LogP contribution in [0.1, 0.15) is 0 Å². The molecule has 0 aliphatic carbocycles. The molecule has 8 nitrogen and oxygen atoms in total. The van der Waals surface area contributed by atoms with Gasteiger partial charge in [-0.1, -0.05) is 6.58 Å². The van der Waals surface area contributed by atoms with Crippen molar-refractivity contribution in [3.8, 4) is 0 Å². The number of non-ortho nitro benzene ring substituents is 1. The maximum atomic E-state index is 10.5. The van der Waals surface area contributed by atoms with Gasteiger partial charge in [-0.2, -0.15) is 10.2 Å². The summed E-state index contributed by atoms with van der Waals surface area (Å²) in [6.07, 6.45) is 0.833. The summed E-state index contributed by atoms with van der Waals surface area (Å²) in [5.74, 6) is -0.981. The van der Waals surface area contributed by atoms with Gasteiger partial charge >= 0.3 is 5.97 Å². The van der Waals surface area contributed by atoms with E-state index in [9.17, 15) is 14.9 Å². The molecule has 8 heteroatoms. The van der Waals surface area contributed by atoms with E-state index in [0.717, 1.165) is 6.08 Å². The molecule has 2 rings (SSSR count). The standard InChI is InChI=1S/C12H10N4O2.C3H4O2/c13-9-1-3-10(4-2-9)14-15-11-5-7-12(8-6-11)16(17)18;1-2-3(4)5/h1-8H,13H2;2H,1H2,(H,4,5). The maximum Gasteiger partial charge on any atom is 0.327 e. The molecule has 0 saturated heterocycles. The predicted molar refractivity (Wildman–Crippen MR) is 86.0 cm³/mol. The summed E-state index contributed by atoms with van der Waals surface area (Å²) >= 11 is 0. The second-order valence-corrected chi connectivity index (χ2v) is 4.11. The number of azo groups is 1. The summed E-state index contributed by atoms with van der Waals surface area (Å²) in [6.45, 7) is 2.96. The Labute approximate surface area is 131 Å². The van der Waals surface area contributed by atoms with E-state index in [0.29, 0.717) is 17.1 Å². The Morgan fingerprint density at radius 2 is 1.48 bits per heavy atom. The van der Waals surface area contributed by atoms with Crippen LogP contribution in [-0.2, 0) is 4.79 Å². The van der Waals surface area contributed by atoms with E-state index in [-0.39, 0.29) is 5.69 Å². The first kappa shape index (κ1) is 17.5. The monoisotopic (exact) mass is 314 g/mol. The number of nitrogens with two attached hydrogens (primary N) is 1. The Morgan fingerprint density at radius 3 is 1.83 bits per heavy atom. The maximum absolute atomic E-state index is 10.5. The highest BCUT2D eigenvalue weighted by Gasteiger charge is 2.02. The molecule has 118 valence electrons. The zero-order chi connectivity index (χ0) is 17.2. The Morgan fingerprint density at radius 1 is 1.09 bits per heavy atom. The van der Waals surface area contributed by atoms with E-state index in [1.807, 2.05) is 0 Å². The Kier molecular flexibility index (Phi) is 6.60. The van der Waals surface area contributed by atoms with Crippen LogP contribution in [-0.4, -0.2) is 16.0 Å². The Bertz CT molecular complexity index is 709. The highest BCUT2D eigenvalue weighted by Crippen LogP contribution is 2.21. The molecule has 23 heavy (non-hydrogen) atoms. The summed E-state index contributed by atoms with van der Waals surface area (Å²) in [6, 6.07) is 12.8. The lowest BCUT2D eigenvalue weighted by atomic mass is 10.3. The average molecular weight is 314 g/mol. The van der Waals surface area contributed by atoms with Gasteiger partial charge in [0.2, 0.25) is 0 Å². The largest absolute Gasteiger partial charge is 0.478 e. The number of carboxylic acids is 1. The third-order valence-electron chi connectivity index (χ3n) is 2.41. The number of aliphatic carboxylic acids is 1. The second-order valence-electron chi connectivity index (χ2n) is 4.11. The van der Waals surface area contributed by atoms with Crippen LogP contribution in [0.4, 0.5) is 22.7 Å². The van der Waals surface area contributed by atoms with Crippen LogP contribution in [0.5, 0.6) is 0 Å². The molecule has 0 heterocycles. The van der Waals surface area contributed by atoms with Gasteiger partial charge < -0.3 is 10.8 Å². The zero-order valence-corrected chi connectivity index (χ0v) is 12.0. The van der Waals surface area contributed by atoms with Crippen molar-refractivity contribution in [3.05, 3.63) is 71.3 Å². The fourth-order valence-electron chi connectivity index (χ4n) is 1.30. The number of hydrogen-bond acceptors (Lipinski definition) is 6. The number of carbonyl (C=O) groups is 1. The van der Waals surface area contributed by atoms with Gasteiger partial charge in [0.05, 0.1) is 16.3 Å². The average Bonchev–Trinajstić information content (AvgIpc) is 2.55. The molecule has 0 unspecified atom stereocenters. The third-order valence-corrected chi connectivity index (χ3v) is 2.41. The fraction of sp³-hybridized carbons (Fsp3) is 0. The number of carboxylic acid groups (broad SMARTS) is 1. The minimum absolute atomic E-state index is 0.0291. The summed E-state index contributed by atoms with van der Waals surface area (Å²) < 4.78 is 0. The van der Waals surface area contributed by atoms with Gasteiger partial charge in [-0.15, -0.1) is 0 Å². The van der Waals surface area contributed by atoms with Crippen molar-refractivity contribution in [1.82, 2.24) is 0 Å². The minimum atomic E-state index is -0.981. The summed E-state index contributed by atoms with van der Waals surface area (Å²) in [4.78, 5) is 19.3. The molecule has 3 N–H and O–H groups in total. The number of anilines is 1. The molecular weight excluding hydrogens is 300 g/mol. The number of nitrogens with zero attached hydrogens (tertiary/aromatic N) is 3. The number of nitro groups is 1. The summed E-state index contributed by atoms with van der Waals surface area (Å²) in [5.41, 5.74) is 7.45. The van der Waals surface area contributed by atoms with Crippen LogP contribution in [0, 0.1) is 10.1 Å². The molecule has 0 spiro atoms. The number of nitrogen functional groups attached to an aromatic ring is 1. The van der Waals surface area contributed by atoms with Gasteiger partial charge in [-0.3, -0.25) is 10.1 Å². The molecule has 2 aromatic rings. The molecule has 0 radical (unpaired) electrons. The van der Waals surface area contributed by atoms with E-state index < -0.39 is 10.9 Å². The van der Waals surface area contributed by atoms with Gasteiger partial charge in [0.15, 0.2) is 0 Å². The van der Waals surface area contributed by atoms with Crippen LogP contribution in [0.25, 0.3) is 0 Å². The highest BCUT2D eigenvalue weighted by atomic mass is 16.6. The molecule has 0 fully saturated rings. The van der Waals surface area contributed by atoms with E-state index in [4.69, 9.17) is 10.8 Å². The first-order chi connectivity index (χ1) is 10.9. The molecule has 0 saturated carbocycles. The van der Waals surface area contributed by atoms with Crippen molar-refractivity contribution >= 4 is 28.7 Å². The summed E-state index contributed by atoms with van der Waals surface area (Å²) in [7, 11) is 0. The molecule has 0 aliphatic rings. The Balaban J connectivity index is 0.000000463. The van der Waals surface area contributed by atoms with Crippen molar-refractivity contribution in [2.75, 3.05) is 5.73 Å². The van der Waals surface area contributed by atoms with Crippen molar-refractivity contribution in [1.29, 1.82) is 0 Å². The Hall–Kier alpha value is -3.55. The van der Waals surface area contributed by atoms with E-state index >= 15 is 0 Å². The number of rotatable bonds is 4. The fourth-order valence-corrected chi connectivity index (χ4v) is 1.30. The third kappa shape index (κ3) is 6.63. The minimum Gasteiger partial charge on any atom is -0.478 e. The molecule has 2 aromatic carbocycles. The topological polar surface area (TPSA) is 131 Å². The van der Waals surface area contributed by atoms with Crippen LogP contribution in [0.2, 0.25) is 0 Å². The zero-order valence-electron chi connectivity index (χ0n) is 12.0. The SMILES string of the molecule is C=CC(=O)O.Nc1ccc(N=Nc2ccc([N+](=O)[O-])cc2)cc1. The summed E-state index contributed by atoms with van der Waals surface area (Å²) in [5, 5.41) is 26.0. The lowest BCUT2D eigenvalue weighted by Gasteiger charge is -1.94. The van der Waals surface area contributed by atoms with Crippen LogP contribution in [0.15, 0.2) is 71.4 Å². The lowest BCUT2D eigenvalue weighted by molar-refractivity contribution is -0.384. The normalized spacial score (nSPS) is 9.74. The molecule has 0 atom stereocenters. The van der Waals surface area contributed by atoms with Gasteiger partial charge in [0, 0.05) is 23.9 Å². The van der Waals surface area contributed by atoms with Gasteiger partial charge in [0.25, 0.3) is 5.69 Å². The first-order valence-electron chi connectivity index (χ1n) is 6.29. The molecule has 0 aliphatic heterocycles. The van der Waals surface area contributed by atoms with Gasteiger partial charge in [-0.25, -0.2) is 4.79 Å². The first-order valence-corrected chi connectivity index (χ1v) is 6.29. The number of nitro benzene ring substituents is 1. The van der Waals surface area contributed by atoms with Crippen molar-refractivity contribution in [2.45, 2.75) is 0 Å². The molecular formula is C15H14N4O4. The van der Waals surface area contributed by atoms with E-state index in [1.54, 1.807) is 36.4 Å². The molecule has 0 aromatic heterocycles. The van der Waals surface area contributed by atoms with Crippen LogP contribution >= 0.6 is 0 Å². The number of hydrogen-bond donors (Lipinski definition) is 2. The van der Waals surface area contributed by atoms with Crippen molar-refractivity contribution < 1.29 is 14.8 Å². The van der Waals surface area contributed by atoms with E-state index in [2.05, 4.69) is 16.8 Å². The van der Waals surface area contributed by atoms with Crippen molar-refractivity contribution in [3.63, 3.8) is 0 Å². The number of benzene rings is 2. The van der Waals surface area contributed by atoms with Crippen LogP contribution in [0.3, 0.4) is 0 Å². The molecule has 0 amide bonds.